The fourth-order valence-corrected chi connectivity index (χ4v) is 6.84. The summed E-state index contributed by atoms with van der Waals surface area (Å²) in [7, 11) is 0. The van der Waals surface area contributed by atoms with E-state index in [0.29, 0.717) is 17.8 Å². The summed E-state index contributed by atoms with van der Waals surface area (Å²) in [6.45, 7) is 10.8. The summed E-state index contributed by atoms with van der Waals surface area (Å²) >= 11 is 0. The van der Waals surface area contributed by atoms with Crippen molar-refractivity contribution in [3.05, 3.63) is 23.8 Å². The molecular formula is C21H30O2. The minimum absolute atomic E-state index is 0.0766. The molecule has 0 heterocycles. The predicted molar refractivity (Wildman–Crippen MR) is 91.9 cm³/mol. The zero-order chi connectivity index (χ0) is 16.6. The topological polar surface area (TPSA) is 37.3 Å². The second kappa shape index (κ2) is 4.59. The van der Waals surface area contributed by atoms with Crippen LogP contribution in [-0.2, 0) is 4.79 Å². The Kier molecular flexibility index (Phi) is 3.12. The van der Waals surface area contributed by atoms with E-state index in [1.807, 2.05) is 6.08 Å². The summed E-state index contributed by atoms with van der Waals surface area (Å²) in [5, 5.41) is 10.9. The standard InChI is InChI=1S/C21H30O2/c1-13-12-19(2)14(11-18(13)22)5-6-15-16(19)7-9-20(3)17(15)8-10-21(20,4)23/h11,15-17,23H,1,5-10,12H2,2-4H3/t15-,16-,17-,19+,20+,21-/m0/s1. The fourth-order valence-electron chi connectivity index (χ4n) is 6.84. The molecule has 4 rings (SSSR count). The van der Waals surface area contributed by atoms with Gasteiger partial charge in [0.1, 0.15) is 0 Å². The maximum absolute atomic E-state index is 12.1. The lowest BCUT2D eigenvalue weighted by Crippen LogP contribution is -2.54. The highest BCUT2D eigenvalue weighted by Crippen LogP contribution is 2.67. The van der Waals surface area contributed by atoms with Crippen molar-refractivity contribution in [3.8, 4) is 0 Å². The molecule has 0 unspecified atom stereocenters. The lowest BCUT2D eigenvalue weighted by Gasteiger charge is -2.59. The molecule has 2 nitrogen and oxygen atoms in total. The van der Waals surface area contributed by atoms with E-state index < -0.39 is 5.60 Å². The van der Waals surface area contributed by atoms with E-state index >= 15 is 0 Å². The fraction of sp³-hybridized carbons (Fsp3) is 0.762. The lowest BCUT2D eigenvalue weighted by atomic mass is 9.46. The Balaban J connectivity index is 1.72. The Morgan fingerprint density at radius 2 is 1.83 bits per heavy atom. The average Bonchev–Trinajstić information content (AvgIpc) is 2.71. The molecule has 0 saturated heterocycles. The summed E-state index contributed by atoms with van der Waals surface area (Å²) in [5.74, 6) is 2.14. The molecule has 0 aromatic rings. The van der Waals surface area contributed by atoms with Gasteiger partial charge in [-0.1, -0.05) is 26.0 Å². The van der Waals surface area contributed by atoms with Crippen molar-refractivity contribution in [2.75, 3.05) is 0 Å². The number of carbonyl (C=O) groups excluding carboxylic acids is 1. The molecule has 4 aliphatic rings. The van der Waals surface area contributed by atoms with Crippen LogP contribution < -0.4 is 0 Å². The quantitative estimate of drug-likeness (QED) is 0.671. The lowest BCUT2D eigenvalue weighted by molar-refractivity contribution is -0.120. The minimum atomic E-state index is -0.508. The Morgan fingerprint density at radius 1 is 1.13 bits per heavy atom. The van der Waals surface area contributed by atoms with Crippen molar-refractivity contribution >= 4 is 5.78 Å². The van der Waals surface area contributed by atoms with Gasteiger partial charge in [0.05, 0.1) is 5.60 Å². The van der Waals surface area contributed by atoms with Crippen LogP contribution in [-0.4, -0.2) is 16.5 Å². The summed E-state index contributed by atoms with van der Waals surface area (Å²) in [6, 6.07) is 0. The van der Waals surface area contributed by atoms with Crippen molar-refractivity contribution in [2.45, 2.75) is 71.3 Å². The van der Waals surface area contributed by atoms with Gasteiger partial charge < -0.3 is 5.11 Å². The molecule has 0 radical (unpaired) electrons. The molecule has 0 spiro atoms. The van der Waals surface area contributed by atoms with E-state index in [-0.39, 0.29) is 16.6 Å². The van der Waals surface area contributed by atoms with Gasteiger partial charge in [0.15, 0.2) is 5.78 Å². The molecule has 3 fully saturated rings. The molecule has 126 valence electrons. The van der Waals surface area contributed by atoms with Gasteiger partial charge in [0, 0.05) is 0 Å². The van der Waals surface area contributed by atoms with Gasteiger partial charge >= 0.3 is 0 Å². The molecule has 0 amide bonds. The van der Waals surface area contributed by atoms with Gasteiger partial charge in [-0.15, -0.1) is 0 Å². The zero-order valence-electron chi connectivity index (χ0n) is 14.8. The average molecular weight is 314 g/mol. The van der Waals surface area contributed by atoms with Gasteiger partial charge in [-0.3, -0.25) is 4.79 Å². The van der Waals surface area contributed by atoms with Gasteiger partial charge in [-0.25, -0.2) is 0 Å². The minimum Gasteiger partial charge on any atom is -0.390 e. The summed E-state index contributed by atoms with van der Waals surface area (Å²) in [4.78, 5) is 12.1. The predicted octanol–water partition coefficient (Wildman–Crippen LogP) is 4.44. The molecule has 2 heteroatoms. The summed E-state index contributed by atoms with van der Waals surface area (Å²) < 4.78 is 0. The smallest absolute Gasteiger partial charge is 0.181 e. The Morgan fingerprint density at radius 3 is 2.57 bits per heavy atom. The van der Waals surface area contributed by atoms with Crippen LogP contribution in [0, 0.1) is 28.6 Å². The number of hydrogen-bond acceptors (Lipinski definition) is 2. The highest BCUT2D eigenvalue weighted by atomic mass is 16.3. The second-order valence-corrected chi connectivity index (χ2v) is 9.42. The molecule has 4 aliphatic carbocycles. The van der Waals surface area contributed by atoms with Crippen LogP contribution in [0.5, 0.6) is 0 Å². The maximum atomic E-state index is 12.1. The van der Waals surface area contributed by atoms with Crippen LogP contribution in [0.3, 0.4) is 0 Å². The molecule has 6 atom stereocenters. The zero-order valence-corrected chi connectivity index (χ0v) is 14.8. The van der Waals surface area contributed by atoms with Gasteiger partial charge in [0.25, 0.3) is 0 Å². The molecule has 0 aliphatic heterocycles. The highest BCUT2D eigenvalue weighted by molar-refractivity contribution is 6.05. The Hall–Kier alpha value is -0.890. The summed E-state index contributed by atoms with van der Waals surface area (Å²) in [5.41, 5.74) is 1.87. The SMILES string of the molecule is C=C1C[C@]2(C)C(=CC1=O)CC[C@H]1[C@@H]2CC[C@]2(C)[C@H]1CC[C@]2(C)O. The van der Waals surface area contributed by atoms with Crippen LogP contribution >= 0.6 is 0 Å². The highest BCUT2D eigenvalue weighted by Gasteiger charge is 2.62. The van der Waals surface area contributed by atoms with E-state index in [1.165, 1.54) is 24.8 Å². The van der Waals surface area contributed by atoms with Crippen LogP contribution in [0.2, 0.25) is 0 Å². The molecule has 23 heavy (non-hydrogen) atoms. The second-order valence-electron chi connectivity index (χ2n) is 9.42. The van der Waals surface area contributed by atoms with Crippen LogP contribution in [0.1, 0.15) is 65.7 Å². The molecule has 0 aromatic carbocycles. The number of rotatable bonds is 0. The normalized spacial score (nSPS) is 52.5. The van der Waals surface area contributed by atoms with E-state index in [2.05, 4.69) is 27.4 Å². The maximum Gasteiger partial charge on any atom is 0.181 e. The summed E-state index contributed by atoms with van der Waals surface area (Å²) in [6.07, 6.45) is 9.42. The third-order valence-electron chi connectivity index (χ3n) is 8.53. The van der Waals surface area contributed by atoms with E-state index in [4.69, 9.17) is 0 Å². The first-order valence-corrected chi connectivity index (χ1v) is 9.35. The number of ketones is 1. The van der Waals surface area contributed by atoms with Crippen LogP contribution in [0.25, 0.3) is 0 Å². The van der Waals surface area contributed by atoms with Gasteiger partial charge in [0.2, 0.25) is 0 Å². The first kappa shape index (κ1) is 15.6. The Bertz CT molecular complexity index is 613. The van der Waals surface area contributed by atoms with Crippen molar-refractivity contribution in [1.29, 1.82) is 0 Å². The van der Waals surface area contributed by atoms with Crippen molar-refractivity contribution in [2.24, 2.45) is 28.6 Å². The first-order chi connectivity index (χ1) is 10.7. The van der Waals surface area contributed by atoms with Gasteiger partial charge in [-0.2, -0.15) is 0 Å². The molecule has 0 aromatic heterocycles. The number of aliphatic hydroxyl groups is 1. The number of hydrogen-bond donors (Lipinski definition) is 1. The third-order valence-corrected chi connectivity index (χ3v) is 8.53. The van der Waals surface area contributed by atoms with E-state index in [0.717, 1.165) is 31.3 Å². The van der Waals surface area contributed by atoms with Crippen molar-refractivity contribution in [1.82, 2.24) is 0 Å². The molecule has 3 saturated carbocycles. The Labute approximate surface area is 140 Å². The number of fused-ring (bicyclic) bond motifs is 5. The monoisotopic (exact) mass is 314 g/mol. The first-order valence-electron chi connectivity index (χ1n) is 9.35. The van der Waals surface area contributed by atoms with E-state index in [1.54, 1.807) is 0 Å². The van der Waals surface area contributed by atoms with Gasteiger partial charge in [-0.05, 0) is 92.1 Å². The van der Waals surface area contributed by atoms with E-state index in [9.17, 15) is 9.90 Å². The number of allylic oxidation sites excluding steroid dienone is 2. The van der Waals surface area contributed by atoms with Crippen LogP contribution in [0.15, 0.2) is 23.8 Å². The van der Waals surface area contributed by atoms with Crippen molar-refractivity contribution < 1.29 is 9.90 Å². The van der Waals surface area contributed by atoms with Crippen LogP contribution in [0.4, 0.5) is 0 Å². The third kappa shape index (κ3) is 1.88. The molecule has 1 N–H and O–H groups in total. The molecular weight excluding hydrogens is 284 g/mol. The molecule has 0 bridgehead atoms. The number of carbonyl (C=O) groups is 1. The van der Waals surface area contributed by atoms with Crippen molar-refractivity contribution in [3.63, 3.8) is 0 Å². The largest absolute Gasteiger partial charge is 0.390 e.